The van der Waals surface area contributed by atoms with Gasteiger partial charge in [0.25, 0.3) is 0 Å². The van der Waals surface area contributed by atoms with Crippen molar-refractivity contribution >= 4 is 19.4 Å². The summed E-state index contributed by atoms with van der Waals surface area (Å²) in [5, 5.41) is 0.264. The molecule has 0 bridgehead atoms. The van der Waals surface area contributed by atoms with Crippen molar-refractivity contribution in [2.24, 2.45) is 5.92 Å². The molecule has 272 valence electrons. The van der Waals surface area contributed by atoms with Gasteiger partial charge in [0, 0.05) is 6.15 Å². The molecule has 0 radical (unpaired) electrons. The zero-order valence-corrected chi connectivity index (χ0v) is 32.8. The number of halogens is 3. The van der Waals surface area contributed by atoms with Gasteiger partial charge in [-0.2, -0.15) is 29.7 Å². The number of benzene rings is 1. The van der Waals surface area contributed by atoms with Crippen molar-refractivity contribution in [1.29, 1.82) is 0 Å². The van der Waals surface area contributed by atoms with Crippen molar-refractivity contribution in [2.45, 2.75) is 208 Å². The summed E-state index contributed by atoms with van der Waals surface area (Å²) in [4.78, 5) is 0. The zero-order valence-electron chi connectivity index (χ0n) is 31.8. The molecule has 0 aliphatic carbocycles. The summed E-state index contributed by atoms with van der Waals surface area (Å²) in [6, 6.07) is 4.05. The Labute approximate surface area is 288 Å². The Morgan fingerprint density at radius 2 is 0.957 bits per heavy atom. The van der Waals surface area contributed by atoms with Crippen LogP contribution in [0, 0.1) is 17.6 Å². The van der Waals surface area contributed by atoms with E-state index in [9.17, 15) is 13.2 Å². The molecule has 2 atom stereocenters. The first kappa shape index (κ1) is 45.5. The molecule has 1 aromatic carbocycles. The Morgan fingerprint density at radius 1 is 0.565 bits per heavy atom. The smallest absolute Gasteiger partial charge is 0.200 e. The summed E-state index contributed by atoms with van der Waals surface area (Å²) in [7, 11) is -1.62. The minimum Gasteiger partial charge on any atom is -0.206 e. The predicted octanol–water partition coefficient (Wildman–Crippen LogP) is 15.5. The zero-order chi connectivity index (χ0) is 34.3. The fraction of sp³-hybridized carbons (Fsp3) is 0.854. The van der Waals surface area contributed by atoms with E-state index < -0.39 is 26.0 Å². The van der Waals surface area contributed by atoms with Crippen molar-refractivity contribution in [3.63, 3.8) is 0 Å². The maximum absolute atomic E-state index is 13.6. The second kappa shape index (κ2) is 31.8. The van der Waals surface area contributed by atoms with Gasteiger partial charge in [0.05, 0.1) is 14.1 Å². The summed E-state index contributed by atoms with van der Waals surface area (Å²) < 4.78 is 39.7. The first-order valence-corrected chi connectivity index (χ1v) is 22.3. The molecule has 46 heavy (non-hydrogen) atoms. The van der Waals surface area contributed by atoms with Crippen molar-refractivity contribution in [1.82, 2.24) is 0 Å². The lowest BCUT2D eigenvalue weighted by Crippen LogP contribution is -2.34. The molecule has 1 rings (SSSR count). The number of hydrogen-bond donors (Lipinski definition) is 0. The van der Waals surface area contributed by atoms with E-state index in [1.165, 1.54) is 141 Å². The molecular formula is C41H79BF3P. The number of unbranched alkanes of at least 4 members (excludes halogenated alkanes) is 16. The lowest BCUT2D eigenvalue weighted by Gasteiger charge is -2.41. The van der Waals surface area contributed by atoms with E-state index in [0.717, 1.165) is 18.9 Å². The second-order valence-electron chi connectivity index (χ2n) is 15.0. The minimum atomic E-state index is -1.62. The van der Waals surface area contributed by atoms with Crippen LogP contribution in [0.2, 0.25) is 25.3 Å². The average Bonchev–Trinajstić information content (AvgIpc) is 3.05. The van der Waals surface area contributed by atoms with Crippen LogP contribution in [-0.2, 0) is 0 Å². The van der Waals surface area contributed by atoms with Crippen LogP contribution in [0.15, 0.2) is 18.2 Å². The third-order valence-electron chi connectivity index (χ3n) is 10.6. The van der Waals surface area contributed by atoms with Gasteiger partial charge in [0.2, 0.25) is 5.82 Å². The monoisotopic (exact) mass is 671 g/mol. The van der Waals surface area contributed by atoms with E-state index in [1.807, 2.05) is 6.92 Å². The standard InChI is InChI=1S/C28H60B.C13H18F3P/c1-5-9-13-17-21-25-29(26-22-18-14-10-6-2,27-23-19-15-11-7-3)28-24-20-16-12-8-4;1-3-5-10(2)8-17(9-14)12-7-4-6-11(15)13(12)16/h5-28H2,1-4H3;4,6-7,10H,3,5,8-9H2,1-2H3/q-1;/p+1. The molecule has 0 saturated heterocycles. The van der Waals surface area contributed by atoms with Crippen LogP contribution in [0.5, 0.6) is 0 Å². The molecule has 0 nitrogen and oxygen atoms in total. The summed E-state index contributed by atoms with van der Waals surface area (Å²) in [5.74, 6) is -1.36. The maximum Gasteiger partial charge on any atom is 0.200 e. The lowest BCUT2D eigenvalue weighted by molar-refractivity contribution is 0.513. The Kier molecular flexibility index (Phi) is 31.4. The van der Waals surface area contributed by atoms with Crippen molar-refractivity contribution in [3.8, 4) is 0 Å². The van der Waals surface area contributed by atoms with Crippen LogP contribution < -0.4 is 5.30 Å². The van der Waals surface area contributed by atoms with E-state index in [4.69, 9.17) is 0 Å². The van der Waals surface area contributed by atoms with E-state index in [1.54, 1.807) is 25.3 Å². The van der Waals surface area contributed by atoms with Crippen molar-refractivity contribution in [3.05, 3.63) is 29.8 Å². The van der Waals surface area contributed by atoms with Gasteiger partial charge in [0.1, 0.15) is 5.30 Å². The van der Waals surface area contributed by atoms with Crippen molar-refractivity contribution < 1.29 is 13.2 Å². The molecule has 0 aliphatic heterocycles. The van der Waals surface area contributed by atoms with Crippen LogP contribution in [0.25, 0.3) is 0 Å². The summed E-state index contributed by atoms with van der Waals surface area (Å²) in [6.07, 6.45) is 37.8. The van der Waals surface area contributed by atoms with Gasteiger partial charge in [-0.15, -0.1) is 0 Å². The van der Waals surface area contributed by atoms with Crippen LogP contribution in [0.1, 0.15) is 183 Å². The van der Waals surface area contributed by atoms with Gasteiger partial charge in [0.15, 0.2) is 12.2 Å². The SMILES string of the molecule is CCCC(C)C[PH+](CF)c1cccc(F)c1F.CCCCCCC[B-](CCCCCCC)(CCCCCCC)CCCCCCC. The molecule has 0 N–H and O–H groups in total. The first-order valence-electron chi connectivity index (χ1n) is 20.4. The van der Waals surface area contributed by atoms with Crippen LogP contribution >= 0.6 is 7.92 Å². The Hall–Kier alpha value is -0.495. The average molecular weight is 671 g/mol. The second-order valence-corrected chi connectivity index (χ2v) is 17.4. The normalized spacial score (nSPS) is 13.0. The van der Waals surface area contributed by atoms with Crippen LogP contribution in [-0.4, -0.2) is 18.7 Å². The molecule has 5 heteroatoms. The van der Waals surface area contributed by atoms with E-state index in [-0.39, 0.29) is 11.5 Å². The quantitative estimate of drug-likeness (QED) is 0.0434. The summed E-state index contributed by atoms with van der Waals surface area (Å²) in [5.41, 5.74) is 0. The van der Waals surface area contributed by atoms with Crippen LogP contribution in [0.4, 0.5) is 13.2 Å². The Morgan fingerprint density at radius 3 is 1.30 bits per heavy atom. The Balaban J connectivity index is 0.00000100. The van der Waals surface area contributed by atoms with Gasteiger partial charge in [-0.1, -0.05) is 182 Å². The summed E-state index contributed by atoms with van der Waals surface area (Å²) >= 11 is 0. The Bertz CT molecular complexity index is 727. The van der Waals surface area contributed by atoms with Gasteiger partial charge in [-0.05, 0) is 24.5 Å². The summed E-state index contributed by atoms with van der Waals surface area (Å²) in [6.45, 7) is 13.5. The third-order valence-corrected chi connectivity index (χ3v) is 13.2. The molecule has 0 heterocycles. The number of alkyl halides is 1. The van der Waals surface area contributed by atoms with Crippen LogP contribution in [0.3, 0.4) is 0 Å². The van der Waals surface area contributed by atoms with Gasteiger partial charge in [-0.3, -0.25) is 0 Å². The minimum absolute atomic E-state index is 0.0861. The first-order chi connectivity index (χ1) is 22.3. The highest BCUT2D eigenvalue weighted by Crippen LogP contribution is 2.39. The highest BCUT2D eigenvalue weighted by molar-refractivity contribution is 7.65. The van der Waals surface area contributed by atoms with E-state index in [0.29, 0.717) is 12.1 Å². The van der Waals surface area contributed by atoms with Gasteiger partial charge < -0.3 is 0 Å². The molecule has 1 aromatic rings. The highest BCUT2D eigenvalue weighted by Gasteiger charge is 2.27. The number of hydrogen-bond acceptors (Lipinski definition) is 0. The highest BCUT2D eigenvalue weighted by atomic mass is 31.1. The van der Waals surface area contributed by atoms with Crippen molar-refractivity contribution in [2.75, 3.05) is 12.6 Å². The van der Waals surface area contributed by atoms with Gasteiger partial charge in [-0.25, -0.2) is 8.78 Å². The largest absolute Gasteiger partial charge is 0.206 e. The maximum atomic E-state index is 13.6. The predicted molar refractivity (Wildman–Crippen MR) is 209 cm³/mol. The molecule has 0 amide bonds. The van der Waals surface area contributed by atoms with E-state index >= 15 is 0 Å². The van der Waals surface area contributed by atoms with E-state index in [2.05, 4.69) is 34.6 Å². The molecule has 0 aliphatic rings. The number of rotatable bonds is 30. The molecule has 0 saturated carbocycles. The third kappa shape index (κ3) is 23.0. The molecule has 0 spiro atoms. The van der Waals surface area contributed by atoms with Gasteiger partial charge >= 0.3 is 0 Å². The molecular weight excluding hydrogens is 591 g/mol. The molecule has 0 fully saturated rings. The fourth-order valence-corrected chi connectivity index (χ4v) is 9.90. The topological polar surface area (TPSA) is 0 Å². The fourth-order valence-electron chi connectivity index (χ4n) is 7.62. The molecule has 2 unspecified atom stereocenters. The molecule has 0 aromatic heterocycles. The lowest BCUT2D eigenvalue weighted by atomic mass is 9.17.